The van der Waals surface area contributed by atoms with Gasteiger partial charge in [-0.1, -0.05) is 6.92 Å². The van der Waals surface area contributed by atoms with Crippen molar-refractivity contribution in [1.29, 1.82) is 0 Å². The van der Waals surface area contributed by atoms with Crippen LogP contribution in [0.5, 0.6) is 5.75 Å². The first-order valence-electron chi connectivity index (χ1n) is 6.69. The van der Waals surface area contributed by atoms with Gasteiger partial charge in [0.2, 0.25) is 17.2 Å². The molecule has 1 aromatic heterocycles. The standard InChI is InChI=1S/C14H18ClN5O/c1-4-7-16-13-18-12(15)19-14(20-13)17-10-5-6-11(21-3)9(2)8-10/h5-6,8H,4,7H2,1-3H3,(H2,16,17,18,19,20). The third-order valence-corrected chi connectivity index (χ3v) is 2.96. The SMILES string of the molecule is CCCNc1nc(Cl)nc(Nc2ccc(OC)c(C)c2)n1. The van der Waals surface area contributed by atoms with E-state index in [4.69, 9.17) is 16.3 Å². The summed E-state index contributed by atoms with van der Waals surface area (Å²) < 4.78 is 5.23. The molecule has 0 radical (unpaired) electrons. The lowest BCUT2D eigenvalue weighted by molar-refractivity contribution is 0.412. The molecule has 0 aliphatic rings. The molecule has 0 aliphatic heterocycles. The molecule has 0 atom stereocenters. The number of ether oxygens (including phenoxy) is 1. The fourth-order valence-corrected chi connectivity index (χ4v) is 1.97. The van der Waals surface area contributed by atoms with Crippen LogP contribution in [0, 0.1) is 6.92 Å². The first-order valence-corrected chi connectivity index (χ1v) is 7.07. The van der Waals surface area contributed by atoms with Crippen molar-refractivity contribution in [2.75, 3.05) is 24.3 Å². The molecule has 2 aromatic rings. The molecule has 0 bridgehead atoms. The maximum absolute atomic E-state index is 5.91. The maximum atomic E-state index is 5.91. The van der Waals surface area contributed by atoms with Crippen LogP contribution in [0.25, 0.3) is 0 Å². The first kappa shape index (κ1) is 15.3. The number of nitrogens with zero attached hydrogens (tertiary/aromatic N) is 3. The molecule has 0 fully saturated rings. The number of halogens is 1. The van der Waals surface area contributed by atoms with E-state index < -0.39 is 0 Å². The van der Waals surface area contributed by atoms with Gasteiger partial charge in [0, 0.05) is 12.2 Å². The molecule has 2 N–H and O–H groups in total. The van der Waals surface area contributed by atoms with E-state index >= 15 is 0 Å². The second kappa shape index (κ2) is 7.08. The van der Waals surface area contributed by atoms with Crippen LogP contribution in [0.1, 0.15) is 18.9 Å². The first-order chi connectivity index (χ1) is 10.1. The molecule has 21 heavy (non-hydrogen) atoms. The van der Waals surface area contributed by atoms with Gasteiger partial charge in [-0.15, -0.1) is 0 Å². The molecule has 0 aliphatic carbocycles. The van der Waals surface area contributed by atoms with Gasteiger partial charge in [0.05, 0.1) is 7.11 Å². The molecule has 112 valence electrons. The van der Waals surface area contributed by atoms with Crippen LogP contribution in [-0.4, -0.2) is 28.6 Å². The number of rotatable bonds is 6. The Morgan fingerprint density at radius 2 is 1.95 bits per heavy atom. The fourth-order valence-electron chi connectivity index (χ4n) is 1.81. The third-order valence-electron chi connectivity index (χ3n) is 2.79. The van der Waals surface area contributed by atoms with Crippen molar-refractivity contribution < 1.29 is 4.74 Å². The smallest absolute Gasteiger partial charge is 0.233 e. The Bertz CT molecular complexity index is 620. The van der Waals surface area contributed by atoms with Crippen molar-refractivity contribution in [2.45, 2.75) is 20.3 Å². The van der Waals surface area contributed by atoms with Gasteiger partial charge in [0.25, 0.3) is 0 Å². The molecule has 0 amide bonds. The van der Waals surface area contributed by atoms with E-state index in [9.17, 15) is 0 Å². The normalized spacial score (nSPS) is 10.3. The monoisotopic (exact) mass is 307 g/mol. The summed E-state index contributed by atoms with van der Waals surface area (Å²) in [7, 11) is 1.65. The highest BCUT2D eigenvalue weighted by Gasteiger charge is 2.06. The number of benzene rings is 1. The van der Waals surface area contributed by atoms with Crippen LogP contribution in [-0.2, 0) is 0 Å². The van der Waals surface area contributed by atoms with Gasteiger partial charge in [-0.3, -0.25) is 0 Å². The Balaban J connectivity index is 2.18. The Labute approximate surface area is 128 Å². The molecule has 0 spiro atoms. The van der Waals surface area contributed by atoms with E-state index in [-0.39, 0.29) is 5.28 Å². The second-order valence-corrected chi connectivity index (χ2v) is 4.83. The molecule has 0 saturated heterocycles. The third kappa shape index (κ3) is 4.19. The Morgan fingerprint density at radius 3 is 2.62 bits per heavy atom. The second-order valence-electron chi connectivity index (χ2n) is 4.49. The predicted octanol–water partition coefficient (Wildman–Crippen LogP) is 3.41. The summed E-state index contributed by atoms with van der Waals surface area (Å²) in [6.07, 6.45) is 0.976. The van der Waals surface area contributed by atoms with Crippen molar-refractivity contribution in [1.82, 2.24) is 15.0 Å². The van der Waals surface area contributed by atoms with Crippen LogP contribution in [0.4, 0.5) is 17.6 Å². The van der Waals surface area contributed by atoms with Gasteiger partial charge >= 0.3 is 0 Å². The molecule has 6 nitrogen and oxygen atoms in total. The molecular weight excluding hydrogens is 290 g/mol. The lowest BCUT2D eigenvalue weighted by atomic mass is 10.2. The largest absolute Gasteiger partial charge is 0.496 e. The van der Waals surface area contributed by atoms with Crippen molar-refractivity contribution in [3.8, 4) is 5.75 Å². The van der Waals surface area contributed by atoms with E-state index in [2.05, 4.69) is 32.5 Å². The van der Waals surface area contributed by atoms with E-state index in [0.717, 1.165) is 30.0 Å². The molecule has 7 heteroatoms. The highest BCUT2D eigenvalue weighted by atomic mass is 35.5. The number of hydrogen-bond acceptors (Lipinski definition) is 6. The summed E-state index contributed by atoms with van der Waals surface area (Å²) in [5.41, 5.74) is 1.88. The molecule has 1 aromatic carbocycles. The fraction of sp³-hybridized carbons (Fsp3) is 0.357. The van der Waals surface area contributed by atoms with Crippen LogP contribution in [0.3, 0.4) is 0 Å². The van der Waals surface area contributed by atoms with Gasteiger partial charge in [-0.2, -0.15) is 15.0 Å². The summed E-state index contributed by atoms with van der Waals surface area (Å²) in [5, 5.41) is 6.35. The lowest BCUT2D eigenvalue weighted by Crippen LogP contribution is -2.07. The minimum absolute atomic E-state index is 0.149. The van der Waals surface area contributed by atoms with Crippen molar-refractivity contribution in [3.05, 3.63) is 29.0 Å². The topological polar surface area (TPSA) is 72.0 Å². The summed E-state index contributed by atoms with van der Waals surface area (Å²) in [4.78, 5) is 12.4. The van der Waals surface area contributed by atoms with Crippen LogP contribution in [0.2, 0.25) is 5.28 Å². The highest BCUT2D eigenvalue weighted by Crippen LogP contribution is 2.23. The van der Waals surface area contributed by atoms with Crippen LogP contribution >= 0.6 is 11.6 Å². The molecule has 1 heterocycles. The van der Waals surface area contributed by atoms with E-state index in [0.29, 0.717) is 11.9 Å². The zero-order valence-electron chi connectivity index (χ0n) is 12.3. The zero-order chi connectivity index (χ0) is 15.2. The molecular formula is C14H18ClN5O. The summed E-state index contributed by atoms with van der Waals surface area (Å²) >= 11 is 5.91. The van der Waals surface area contributed by atoms with Gasteiger partial charge in [0.1, 0.15) is 5.75 Å². The molecule has 0 saturated carbocycles. The summed E-state index contributed by atoms with van der Waals surface area (Å²) in [6.45, 7) is 4.81. The zero-order valence-corrected chi connectivity index (χ0v) is 13.0. The van der Waals surface area contributed by atoms with E-state index in [1.807, 2.05) is 25.1 Å². The van der Waals surface area contributed by atoms with Gasteiger partial charge in [-0.25, -0.2) is 0 Å². The van der Waals surface area contributed by atoms with Crippen LogP contribution in [0.15, 0.2) is 18.2 Å². The Morgan fingerprint density at radius 1 is 1.19 bits per heavy atom. The van der Waals surface area contributed by atoms with Gasteiger partial charge in [-0.05, 0) is 48.7 Å². The Hall–Kier alpha value is -2.08. The minimum Gasteiger partial charge on any atom is -0.496 e. The molecule has 2 rings (SSSR count). The summed E-state index contributed by atoms with van der Waals surface area (Å²) in [6, 6.07) is 5.73. The van der Waals surface area contributed by atoms with Crippen molar-refractivity contribution in [3.63, 3.8) is 0 Å². The predicted molar refractivity (Wildman–Crippen MR) is 84.6 cm³/mol. The quantitative estimate of drug-likeness (QED) is 0.852. The average molecular weight is 308 g/mol. The van der Waals surface area contributed by atoms with Gasteiger partial charge in [0.15, 0.2) is 0 Å². The highest BCUT2D eigenvalue weighted by molar-refractivity contribution is 6.28. The van der Waals surface area contributed by atoms with Crippen molar-refractivity contribution >= 4 is 29.2 Å². The number of hydrogen-bond donors (Lipinski definition) is 2. The number of nitrogens with one attached hydrogen (secondary N) is 2. The number of methoxy groups -OCH3 is 1. The molecule has 0 unspecified atom stereocenters. The number of aryl methyl sites for hydroxylation is 1. The number of aromatic nitrogens is 3. The lowest BCUT2D eigenvalue weighted by Gasteiger charge is -2.10. The summed E-state index contributed by atoms with van der Waals surface area (Å²) in [5.74, 6) is 1.70. The van der Waals surface area contributed by atoms with Crippen LogP contribution < -0.4 is 15.4 Å². The minimum atomic E-state index is 0.149. The number of anilines is 3. The van der Waals surface area contributed by atoms with Gasteiger partial charge < -0.3 is 15.4 Å². The maximum Gasteiger partial charge on any atom is 0.233 e. The van der Waals surface area contributed by atoms with E-state index in [1.165, 1.54) is 0 Å². The van der Waals surface area contributed by atoms with E-state index in [1.54, 1.807) is 7.11 Å². The Kier molecular flexibility index (Phi) is 5.16. The average Bonchev–Trinajstić information content (AvgIpc) is 2.45. The van der Waals surface area contributed by atoms with Crippen molar-refractivity contribution in [2.24, 2.45) is 0 Å².